The van der Waals surface area contributed by atoms with Crippen molar-refractivity contribution in [3.63, 3.8) is 0 Å². The van der Waals surface area contributed by atoms with Gasteiger partial charge in [-0.3, -0.25) is 4.79 Å². The fraction of sp³-hybridized carbons (Fsp3) is 0.615. The van der Waals surface area contributed by atoms with E-state index in [1.807, 2.05) is 0 Å². The number of halogens is 3. The maximum absolute atomic E-state index is 12.1. The summed E-state index contributed by atoms with van der Waals surface area (Å²) >= 11 is 1.34. The highest BCUT2D eigenvalue weighted by atomic mass is 32.1. The molecule has 0 spiro atoms. The lowest BCUT2D eigenvalue weighted by Crippen LogP contribution is -2.40. The van der Waals surface area contributed by atoms with Crippen molar-refractivity contribution in [3.05, 3.63) is 21.4 Å². The molecule has 0 saturated carbocycles. The number of rotatable bonds is 3. The van der Waals surface area contributed by atoms with Crippen LogP contribution in [0.15, 0.2) is 6.07 Å². The third-order valence-electron chi connectivity index (χ3n) is 3.30. The number of aryl methyl sites for hydroxylation is 2. The van der Waals surface area contributed by atoms with Crippen molar-refractivity contribution in [2.75, 3.05) is 6.54 Å². The van der Waals surface area contributed by atoms with Crippen molar-refractivity contribution in [1.29, 1.82) is 0 Å². The van der Waals surface area contributed by atoms with E-state index in [1.54, 1.807) is 6.07 Å². The third kappa shape index (κ3) is 3.73. The molecule has 1 aliphatic carbocycles. The molecule has 0 fully saturated rings. The summed E-state index contributed by atoms with van der Waals surface area (Å²) in [7, 11) is 0. The van der Waals surface area contributed by atoms with Gasteiger partial charge in [-0.05, 0) is 37.3 Å². The number of carbonyl (C=O) groups excluding carboxylic acids is 1. The summed E-state index contributed by atoms with van der Waals surface area (Å²) in [5, 5.41) is 11.0. The standard InChI is InChI=1S/C13H16F3NO2S/c14-13(15,16)11(18)7-17-12(19)10-6-8-4-2-1-3-5-9(8)20-10/h6,11,18H,1-5,7H2,(H,17,19). The van der Waals surface area contributed by atoms with E-state index in [0.29, 0.717) is 4.88 Å². The molecule has 2 N–H and O–H groups in total. The van der Waals surface area contributed by atoms with Crippen molar-refractivity contribution >= 4 is 17.2 Å². The van der Waals surface area contributed by atoms with E-state index in [0.717, 1.165) is 36.1 Å². The lowest BCUT2D eigenvalue weighted by atomic mass is 10.1. The number of hydrogen-bond donors (Lipinski definition) is 2. The summed E-state index contributed by atoms with van der Waals surface area (Å²) in [6.07, 6.45) is -2.05. The number of alkyl halides is 3. The zero-order valence-corrected chi connectivity index (χ0v) is 11.6. The Morgan fingerprint density at radius 1 is 1.35 bits per heavy atom. The molecule has 1 aromatic rings. The fourth-order valence-electron chi connectivity index (χ4n) is 2.17. The molecule has 1 amide bonds. The number of nitrogens with one attached hydrogen (secondary N) is 1. The summed E-state index contributed by atoms with van der Waals surface area (Å²) < 4.78 is 36.4. The van der Waals surface area contributed by atoms with Crippen molar-refractivity contribution in [2.45, 2.75) is 44.4 Å². The maximum atomic E-state index is 12.1. The monoisotopic (exact) mass is 307 g/mol. The van der Waals surface area contributed by atoms with Gasteiger partial charge in [0.15, 0.2) is 6.10 Å². The second-order valence-electron chi connectivity index (χ2n) is 4.89. The van der Waals surface area contributed by atoms with Gasteiger partial charge in [-0.1, -0.05) is 6.42 Å². The molecule has 1 aromatic heterocycles. The molecule has 0 aromatic carbocycles. The second kappa shape index (κ2) is 6.13. The van der Waals surface area contributed by atoms with Crippen molar-refractivity contribution in [2.24, 2.45) is 0 Å². The van der Waals surface area contributed by atoms with Gasteiger partial charge in [0.05, 0.1) is 11.4 Å². The molecule has 20 heavy (non-hydrogen) atoms. The van der Waals surface area contributed by atoms with E-state index in [4.69, 9.17) is 5.11 Å². The topological polar surface area (TPSA) is 49.3 Å². The van der Waals surface area contributed by atoms with Crippen LogP contribution < -0.4 is 5.32 Å². The van der Waals surface area contributed by atoms with Crippen LogP contribution in [0.2, 0.25) is 0 Å². The third-order valence-corrected chi connectivity index (χ3v) is 4.54. The normalized spacial score (nSPS) is 17.2. The average molecular weight is 307 g/mol. The first-order valence-corrected chi connectivity index (χ1v) is 7.34. The van der Waals surface area contributed by atoms with Crippen LogP contribution >= 0.6 is 11.3 Å². The van der Waals surface area contributed by atoms with E-state index in [-0.39, 0.29) is 0 Å². The van der Waals surface area contributed by atoms with Crippen LogP contribution in [0, 0.1) is 0 Å². The molecule has 0 aliphatic heterocycles. The number of thiophene rings is 1. The minimum atomic E-state index is -4.71. The molecule has 0 radical (unpaired) electrons. The van der Waals surface area contributed by atoms with E-state index in [9.17, 15) is 18.0 Å². The molecular weight excluding hydrogens is 291 g/mol. The zero-order chi connectivity index (χ0) is 14.8. The Balaban J connectivity index is 1.96. The van der Waals surface area contributed by atoms with Gasteiger partial charge >= 0.3 is 6.18 Å². The summed E-state index contributed by atoms with van der Waals surface area (Å²) in [4.78, 5) is 13.4. The van der Waals surface area contributed by atoms with E-state index in [2.05, 4.69) is 5.32 Å². The van der Waals surface area contributed by atoms with Crippen molar-refractivity contribution in [1.82, 2.24) is 5.32 Å². The van der Waals surface area contributed by atoms with Gasteiger partial charge in [0.25, 0.3) is 5.91 Å². The summed E-state index contributed by atoms with van der Waals surface area (Å²) in [5.74, 6) is -0.550. The van der Waals surface area contributed by atoms with Crippen LogP contribution in [-0.4, -0.2) is 29.8 Å². The van der Waals surface area contributed by atoms with Gasteiger partial charge in [-0.15, -0.1) is 11.3 Å². The summed E-state index contributed by atoms with van der Waals surface area (Å²) in [6.45, 7) is -0.815. The number of aliphatic hydroxyl groups is 1. The van der Waals surface area contributed by atoms with Crippen LogP contribution in [0.3, 0.4) is 0 Å². The predicted octanol–water partition coefficient (Wildman–Crippen LogP) is 2.67. The van der Waals surface area contributed by atoms with Gasteiger partial charge in [0, 0.05) is 4.88 Å². The average Bonchev–Trinajstić information content (AvgIpc) is 2.66. The minimum Gasteiger partial charge on any atom is -0.382 e. The molecule has 7 heteroatoms. The molecule has 1 atom stereocenters. The SMILES string of the molecule is O=C(NCC(O)C(F)(F)F)c1cc2c(s1)CCCCC2. The fourth-order valence-corrected chi connectivity index (χ4v) is 3.34. The van der Waals surface area contributed by atoms with Crippen LogP contribution in [0.5, 0.6) is 0 Å². The lowest BCUT2D eigenvalue weighted by Gasteiger charge is -2.14. The van der Waals surface area contributed by atoms with Crippen LogP contribution in [-0.2, 0) is 12.8 Å². The van der Waals surface area contributed by atoms with E-state index < -0.39 is 24.7 Å². The molecule has 2 rings (SSSR count). The first-order valence-electron chi connectivity index (χ1n) is 6.52. The van der Waals surface area contributed by atoms with Crippen molar-refractivity contribution < 1.29 is 23.1 Å². The highest BCUT2D eigenvalue weighted by molar-refractivity contribution is 7.14. The highest BCUT2D eigenvalue weighted by Gasteiger charge is 2.38. The molecule has 1 unspecified atom stereocenters. The van der Waals surface area contributed by atoms with Crippen LogP contribution in [0.4, 0.5) is 13.2 Å². The Morgan fingerprint density at radius 2 is 2.05 bits per heavy atom. The second-order valence-corrected chi connectivity index (χ2v) is 6.02. The van der Waals surface area contributed by atoms with Gasteiger partial charge in [0.2, 0.25) is 0 Å². The Bertz CT molecular complexity index is 461. The first kappa shape index (κ1) is 15.3. The van der Waals surface area contributed by atoms with Crippen LogP contribution in [0.1, 0.15) is 39.4 Å². The molecule has 0 bridgehead atoms. The number of amides is 1. The van der Waals surface area contributed by atoms with Crippen LogP contribution in [0.25, 0.3) is 0 Å². The van der Waals surface area contributed by atoms with Gasteiger partial charge in [0.1, 0.15) is 0 Å². The number of hydrogen-bond acceptors (Lipinski definition) is 3. The quantitative estimate of drug-likeness (QED) is 0.844. The largest absolute Gasteiger partial charge is 0.416 e. The van der Waals surface area contributed by atoms with E-state index in [1.165, 1.54) is 17.8 Å². The Hall–Kier alpha value is -1.08. The summed E-state index contributed by atoms with van der Waals surface area (Å²) in [5.41, 5.74) is 1.13. The Labute approximate surface area is 118 Å². The summed E-state index contributed by atoms with van der Waals surface area (Å²) in [6, 6.07) is 1.76. The lowest BCUT2D eigenvalue weighted by molar-refractivity contribution is -0.201. The number of aliphatic hydroxyl groups excluding tert-OH is 1. The molecule has 0 saturated heterocycles. The molecule has 1 aliphatic rings. The number of fused-ring (bicyclic) bond motifs is 1. The Morgan fingerprint density at radius 3 is 2.75 bits per heavy atom. The predicted molar refractivity (Wildman–Crippen MR) is 70.0 cm³/mol. The maximum Gasteiger partial charge on any atom is 0.416 e. The first-order chi connectivity index (χ1) is 9.38. The van der Waals surface area contributed by atoms with E-state index >= 15 is 0 Å². The molecular formula is C13H16F3NO2S. The molecule has 112 valence electrons. The van der Waals surface area contributed by atoms with Gasteiger partial charge in [-0.25, -0.2) is 0 Å². The zero-order valence-electron chi connectivity index (χ0n) is 10.8. The van der Waals surface area contributed by atoms with Crippen molar-refractivity contribution in [3.8, 4) is 0 Å². The van der Waals surface area contributed by atoms with Gasteiger partial charge < -0.3 is 10.4 Å². The molecule has 1 heterocycles. The molecule has 3 nitrogen and oxygen atoms in total. The smallest absolute Gasteiger partial charge is 0.382 e. The minimum absolute atomic E-state index is 0.422. The Kier molecular flexibility index (Phi) is 4.70. The highest BCUT2D eigenvalue weighted by Crippen LogP contribution is 2.29. The number of carbonyl (C=O) groups is 1. The van der Waals surface area contributed by atoms with Gasteiger partial charge in [-0.2, -0.15) is 13.2 Å².